The van der Waals surface area contributed by atoms with Crippen LogP contribution in [0.1, 0.15) is 17.8 Å². The monoisotopic (exact) mass is 329 g/mol. The van der Waals surface area contributed by atoms with Gasteiger partial charge in [-0.3, -0.25) is 0 Å². The molecule has 1 atom stereocenters. The van der Waals surface area contributed by atoms with Crippen molar-refractivity contribution < 1.29 is 0 Å². The fourth-order valence-corrected chi connectivity index (χ4v) is 3.26. The van der Waals surface area contributed by atoms with E-state index in [4.69, 9.17) is 5.73 Å². The lowest BCUT2D eigenvalue weighted by Gasteiger charge is -2.01. The smallest absolute Gasteiger partial charge is 0.0361 e. The second-order valence-corrected chi connectivity index (χ2v) is 5.75. The van der Waals surface area contributed by atoms with Crippen molar-refractivity contribution in [1.82, 2.24) is 0 Å². The molecule has 1 aromatic carbocycles. The van der Waals surface area contributed by atoms with E-state index in [1.54, 1.807) is 11.3 Å². The van der Waals surface area contributed by atoms with Crippen LogP contribution in [0.25, 0.3) is 10.4 Å². The molecule has 0 aliphatic carbocycles. The zero-order valence-corrected chi connectivity index (χ0v) is 11.4. The molecular weight excluding hydrogens is 317 g/mol. The highest BCUT2D eigenvalue weighted by molar-refractivity contribution is 14.1. The largest absolute Gasteiger partial charge is 0.324 e. The van der Waals surface area contributed by atoms with Crippen LogP contribution >= 0.6 is 33.9 Å². The Balaban J connectivity index is 2.42. The van der Waals surface area contributed by atoms with Crippen molar-refractivity contribution in [2.24, 2.45) is 5.73 Å². The number of thiophene rings is 1. The summed E-state index contributed by atoms with van der Waals surface area (Å²) in [6.07, 6.45) is 0. The van der Waals surface area contributed by atoms with Gasteiger partial charge in [-0.1, -0.05) is 18.2 Å². The molecule has 0 saturated carbocycles. The number of benzene rings is 1. The number of rotatable bonds is 2. The predicted molar refractivity (Wildman–Crippen MR) is 75.1 cm³/mol. The lowest BCUT2D eigenvalue weighted by Crippen LogP contribution is -2.01. The van der Waals surface area contributed by atoms with E-state index in [1.807, 2.05) is 6.92 Å². The Labute approximate surface area is 107 Å². The van der Waals surface area contributed by atoms with Crippen molar-refractivity contribution in [3.8, 4) is 10.4 Å². The van der Waals surface area contributed by atoms with Crippen molar-refractivity contribution in [3.63, 3.8) is 0 Å². The Morgan fingerprint density at radius 3 is 2.53 bits per heavy atom. The third-order valence-electron chi connectivity index (χ3n) is 2.21. The molecule has 2 rings (SSSR count). The molecule has 0 aliphatic rings. The van der Waals surface area contributed by atoms with Crippen LogP contribution in [0.15, 0.2) is 36.4 Å². The van der Waals surface area contributed by atoms with Crippen molar-refractivity contribution in [2.45, 2.75) is 13.0 Å². The molecule has 0 radical (unpaired) electrons. The molecular formula is C12H12INS. The Bertz CT molecular complexity index is 462. The molecule has 15 heavy (non-hydrogen) atoms. The van der Waals surface area contributed by atoms with Gasteiger partial charge in [0.05, 0.1) is 0 Å². The molecule has 0 amide bonds. The van der Waals surface area contributed by atoms with E-state index in [9.17, 15) is 0 Å². The normalized spacial score (nSPS) is 12.7. The topological polar surface area (TPSA) is 26.0 Å². The van der Waals surface area contributed by atoms with Gasteiger partial charge >= 0.3 is 0 Å². The van der Waals surface area contributed by atoms with Gasteiger partial charge in [0, 0.05) is 24.9 Å². The zero-order valence-electron chi connectivity index (χ0n) is 8.41. The molecule has 0 fully saturated rings. The number of nitrogens with two attached hydrogens (primary N) is 1. The molecule has 0 saturated heterocycles. The van der Waals surface area contributed by atoms with Crippen molar-refractivity contribution in [1.29, 1.82) is 0 Å². The highest BCUT2D eigenvalue weighted by atomic mass is 127. The van der Waals surface area contributed by atoms with Crippen LogP contribution in [-0.4, -0.2) is 0 Å². The third-order valence-corrected chi connectivity index (χ3v) is 4.48. The van der Waals surface area contributed by atoms with Gasteiger partial charge in [0.25, 0.3) is 0 Å². The summed E-state index contributed by atoms with van der Waals surface area (Å²) >= 11 is 4.14. The summed E-state index contributed by atoms with van der Waals surface area (Å²) in [6.45, 7) is 2.02. The summed E-state index contributed by atoms with van der Waals surface area (Å²) in [5.41, 5.74) is 7.15. The second-order valence-electron chi connectivity index (χ2n) is 3.47. The molecule has 1 unspecified atom stereocenters. The Morgan fingerprint density at radius 2 is 1.93 bits per heavy atom. The third kappa shape index (κ3) is 2.41. The van der Waals surface area contributed by atoms with Crippen molar-refractivity contribution in [2.75, 3.05) is 0 Å². The first kappa shape index (κ1) is 11.1. The van der Waals surface area contributed by atoms with Gasteiger partial charge in [0.1, 0.15) is 0 Å². The van der Waals surface area contributed by atoms with Gasteiger partial charge in [0.15, 0.2) is 0 Å². The fourth-order valence-electron chi connectivity index (χ4n) is 1.40. The SMILES string of the molecule is CC(N)c1ccc(-c2ccccc2I)s1. The lowest BCUT2D eigenvalue weighted by atomic mass is 10.2. The molecule has 0 aliphatic heterocycles. The van der Waals surface area contributed by atoms with Gasteiger partial charge in [-0.15, -0.1) is 11.3 Å². The first-order valence-electron chi connectivity index (χ1n) is 4.78. The standard InChI is InChI=1S/C12H12INS/c1-8(14)11-6-7-12(15-11)9-4-2-3-5-10(9)13/h2-8H,14H2,1H3. The molecule has 2 aromatic rings. The fraction of sp³-hybridized carbons (Fsp3) is 0.167. The maximum absolute atomic E-state index is 5.85. The van der Waals surface area contributed by atoms with Gasteiger partial charge in [-0.05, 0) is 47.7 Å². The highest BCUT2D eigenvalue weighted by Gasteiger charge is 2.07. The Kier molecular flexibility index (Phi) is 3.43. The maximum atomic E-state index is 5.85. The van der Waals surface area contributed by atoms with Crippen LogP contribution in [0.4, 0.5) is 0 Å². The minimum absolute atomic E-state index is 0.130. The minimum Gasteiger partial charge on any atom is -0.324 e. The maximum Gasteiger partial charge on any atom is 0.0361 e. The van der Waals surface area contributed by atoms with Gasteiger partial charge < -0.3 is 5.73 Å². The summed E-state index contributed by atoms with van der Waals surface area (Å²) < 4.78 is 1.29. The van der Waals surface area contributed by atoms with Crippen molar-refractivity contribution >= 4 is 33.9 Å². The van der Waals surface area contributed by atoms with E-state index in [0.29, 0.717) is 0 Å². The van der Waals surface area contributed by atoms with Gasteiger partial charge in [0.2, 0.25) is 0 Å². The first-order chi connectivity index (χ1) is 7.18. The van der Waals surface area contributed by atoms with Crippen LogP contribution in [0, 0.1) is 3.57 Å². The molecule has 0 spiro atoms. The summed E-state index contributed by atoms with van der Waals surface area (Å²) in [5, 5.41) is 0. The lowest BCUT2D eigenvalue weighted by molar-refractivity contribution is 0.838. The molecule has 2 N–H and O–H groups in total. The van der Waals surface area contributed by atoms with E-state index in [-0.39, 0.29) is 6.04 Å². The van der Waals surface area contributed by atoms with Crippen LogP contribution in [0.3, 0.4) is 0 Å². The number of hydrogen-bond donors (Lipinski definition) is 1. The Morgan fingerprint density at radius 1 is 1.20 bits per heavy atom. The molecule has 1 heterocycles. The van der Waals surface area contributed by atoms with Crippen LogP contribution < -0.4 is 5.73 Å². The van der Waals surface area contributed by atoms with E-state index in [2.05, 4.69) is 59.0 Å². The molecule has 1 nitrogen and oxygen atoms in total. The molecule has 78 valence electrons. The van der Waals surface area contributed by atoms with E-state index >= 15 is 0 Å². The second kappa shape index (κ2) is 4.63. The molecule has 0 bridgehead atoms. The van der Waals surface area contributed by atoms with Crippen LogP contribution in [0.2, 0.25) is 0 Å². The van der Waals surface area contributed by atoms with Crippen LogP contribution in [-0.2, 0) is 0 Å². The van der Waals surface area contributed by atoms with Crippen LogP contribution in [0.5, 0.6) is 0 Å². The average Bonchev–Trinajstić information content (AvgIpc) is 2.67. The molecule has 1 aromatic heterocycles. The minimum atomic E-state index is 0.130. The van der Waals surface area contributed by atoms with E-state index in [1.165, 1.54) is 18.9 Å². The Hall–Kier alpha value is -0.390. The number of hydrogen-bond acceptors (Lipinski definition) is 2. The van der Waals surface area contributed by atoms with E-state index < -0.39 is 0 Å². The van der Waals surface area contributed by atoms with Crippen molar-refractivity contribution in [3.05, 3.63) is 44.8 Å². The summed E-state index contributed by atoms with van der Waals surface area (Å²) in [7, 11) is 0. The number of halogens is 1. The van der Waals surface area contributed by atoms with Gasteiger partial charge in [-0.2, -0.15) is 0 Å². The first-order valence-corrected chi connectivity index (χ1v) is 6.68. The summed E-state index contributed by atoms with van der Waals surface area (Å²) in [6, 6.07) is 12.8. The summed E-state index contributed by atoms with van der Waals surface area (Å²) in [5.74, 6) is 0. The average molecular weight is 329 g/mol. The summed E-state index contributed by atoms with van der Waals surface area (Å²) in [4.78, 5) is 2.54. The van der Waals surface area contributed by atoms with E-state index in [0.717, 1.165) is 0 Å². The van der Waals surface area contributed by atoms with Gasteiger partial charge in [-0.25, -0.2) is 0 Å². The predicted octanol–water partition coefficient (Wildman–Crippen LogP) is 4.04. The molecule has 3 heteroatoms. The highest BCUT2D eigenvalue weighted by Crippen LogP contribution is 2.33. The zero-order chi connectivity index (χ0) is 10.8. The quantitative estimate of drug-likeness (QED) is 0.827.